The molecular weight excluding hydrogens is 252 g/mol. The molecule has 20 heavy (non-hydrogen) atoms. The largest absolute Gasteiger partial charge is 0.357 e. The second-order valence-corrected chi connectivity index (χ2v) is 5.49. The van der Waals surface area contributed by atoms with Gasteiger partial charge in [0.2, 0.25) is 5.91 Å². The van der Waals surface area contributed by atoms with E-state index >= 15 is 0 Å². The van der Waals surface area contributed by atoms with Crippen LogP contribution in [-0.2, 0) is 4.79 Å². The van der Waals surface area contributed by atoms with Crippen molar-refractivity contribution in [2.24, 2.45) is 4.99 Å². The van der Waals surface area contributed by atoms with Crippen molar-refractivity contribution in [2.45, 2.75) is 57.5 Å². The van der Waals surface area contributed by atoms with Gasteiger partial charge >= 0.3 is 0 Å². The minimum absolute atomic E-state index is 0.167. The summed E-state index contributed by atoms with van der Waals surface area (Å²) in [5.41, 5.74) is 0. The fourth-order valence-electron chi connectivity index (χ4n) is 2.21. The third-order valence-electron chi connectivity index (χ3n) is 3.47. The quantitative estimate of drug-likeness (QED) is 0.285. The van der Waals surface area contributed by atoms with Crippen molar-refractivity contribution in [2.75, 3.05) is 13.1 Å². The first-order valence-electron chi connectivity index (χ1n) is 7.77. The van der Waals surface area contributed by atoms with E-state index in [1.54, 1.807) is 0 Å². The summed E-state index contributed by atoms with van der Waals surface area (Å²) in [5.74, 6) is 1.03. The van der Waals surface area contributed by atoms with Gasteiger partial charge in [0.15, 0.2) is 5.96 Å². The van der Waals surface area contributed by atoms with Gasteiger partial charge in [-0.2, -0.15) is 0 Å². The molecule has 0 radical (unpaired) electrons. The van der Waals surface area contributed by atoms with Crippen LogP contribution >= 0.6 is 0 Å². The van der Waals surface area contributed by atoms with E-state index in [2.05, 4.69) is 40.0 Å². The first-order chi connectivity index (χ1) is 9.78. The smallest absolute Gasteiger partial charge is 0.220 e. The molecule has 0 aliphatic heterocycles. The highest BCUT2D eigenvalue weighted by molar-refractivity contribution is 5.80. The molecule has 1 saturated carbocycles. The Bertz CT molecular complexity index is 366. The van der Waals surface area contributed by atoms with Crippen molar-refractivity contribution in [3.63, 3.8) is 0 Å². The molecule has 1 fully saturated rings. The number of hydrogen-bond acceptors (Lipinski definition) is 2. The number of aliphatic imine (C=N–C) groups is 1. The highest BCUT2D eigenvalue weighted by atomic mass is 16.1. The van der Waals surface area contributed by atoms with Crippen molar-refractivity contribution >= 4 is 11.9 Å². The zero-order valence-electron chi connectivity index (χ0n) is 12.3. The van der Waals surface area contributed by atoms with Crippen LogP contribution in [0.25, 0.3) is 0 Å². The van der Waals surface area contributed by atoms with Crippen molar-refractivity contribution in [3.8, 4) is 0 Å². The van der Waals surface area contributed by atoms with Crippen LogP contribution in [0.15, 0.2) is 17.1 Å². The van der Waals surface area contributed by atoms with Crippen LogP contribution in [0.3, 0.4) is 0 Å². The van der Waals surface area contributed by atoms with Gasteiger partial charge in [-0.05, 0) is 39.0 Å². The summed E-state index contributed by atoms with van der Waals surface area (Å²) in [7, 11) is 0. The number of carbonyl (C=O) groups excluding carboxylic acids is 1. The number of hydrogen-bond donors (Lipinski definition) is 3. The summed E-state index contributed by atoms with van der Waals surface area (Å²) in [6.45, 7) is 3.61. The van der Waals surface area contributed by atoms with Crippen molar-refractivity contribution in [3.05, 3.63) is 12.2 Å². The van der Waals surface area contributed by atoms with Gasteiger partial charge in [-0.15, -0.1) is 0 Å². The van der Waals surface area contributed by atoms with Crippen molar-refractivity contribution in [1.29, 1.82) is 0 Å². The lowest BCUT2D eigenvalue weighted by molar-refractivity contribution is -0.121. The molecule has 5 heteroatoms. The lowest BCUT2D eigenvalue weighted by atomic mass is 10.2. The minimum atomic E-state index is 0.167. The second kappa shape index (κ2) is 7.92. The second-order valence-electron chi connectivity index (χ2n) is 5.49. The average molecular weight is 278 g/mol. The molecule has 2 aliphatic rings. The van der Waals surface area contributed by atoms with E-state index in [0.29, 0.717) is 25.0 Å². The molecule has 112 valence electrons. The molecule has 5 nitrogen and oxygen atoms in total. The maximum absolute atomic E-state index is 11.5. The molecule has 0 aromatic carbocycles. The highest BCUT2D eigenvalue weighted by Crippen LogP contribution is 2.18. The fraction of sp³-hybridized carbons (Fsp3) is 0.733. The van der Waals surface area contributed by atoms with Gasteiger partial charge in [0.1, 0.15) is 0 Å². The van der Waals surface area contributed by atoms with E-state index in [4.69, 9.17) is 0 Å². The van der Waals surface area contributed by atoms with Gasteiger partial charge in [0, 0.05) is 31.6 Å². The molecule has 3 N–H and O–H groups in total. The van der Waals surface area contributed by atoms with Crippen LogP contribution in [0.4, 0.5) is 0 Å². The molecule has 2 aliphatic carbocycles. The van der Waals surface area contributed by atoms with Gasteiger partial charge in [-0.25, -0.2) is 0 Å². The van der Waals surface area contributed by atoms with E-state index in [-0.39, 0.29) is 5.91 Å². The van der Waals surface area contributed by atoms with Crippen LogP contribution < -0.4 is 16.0 Å². The van der Waals surface area contributed by atoms with Crippen LogP contribution in [0.5, 0.6) is 0 Å². The monoisotopic (exact) mass is 278 g/mol. The fourth-order valence-corrected chi connectivity index (χ4v) is 2.21. The van der Waals surface area contributed by atoms with E-state index in [1.807, 2.05) is 0 Å². The summed E-state index contributed by atoms with van der Waals surface area (Å²) < 4.78 is 0. The predicted molar refractivity (Wildman–Crippen MR) is 81.7 cm³/mol. The minimum Gasteiger partial charge on any atom is -0.357 e. The SMILES string of the molecule is CCNC(=NCCCC(=O)NC1CC1)NC1CC=CC1. The molecular formula is C15H26N4O. The summed E-state index contributed by atoms with van der Waals surface area (Å²) in [6.07, 6.45) is 10.2. The Morgan fingerprint density at radius 1 is 1.20 bits per heavy atom. The maximum atomic E-state index is 11.5. The van der Waals surface area contributed by atoms with Gasteiger partial charge in [0.05, 0.1) is 0 Å². The normalized spacial score (nSPS) is 19.1. The van der Waals surface area contributed by atoms with Gasteiger partial charge in [-0.3, -0.25) is 9.79 Å². The number of rotatable bonds is 7. The molecule has 0 unspecified atom stereocenters. The van der Waals surface area contributed by atoms with Crippen molar-refractivity contribution in [1.82, 2.24) is 16.0 Å². The maximum Gasteiger partial charge on any atom is 0.220 e. The first kappa shape index (κ1) is 14.9. The van der Waals surface area contributed by atoms with Crippen LogP contribution in [0.1, 0.15) is 45.4 Å². The Labute approximate surface area is 121 Å². The predicted octanol–water partition coefficient (Wildman–Crippen LogP) is 1.32. The molecule has 0 heterocycles. The van der Waals surface area contributed by atoms with Crippen LogP contribution in [0, 0.1) is 0 Å². The first-order valence-corrected chi connectivity index (χ1v) is 7.77. The Balaban J connectivity index is 1.63. The molecule has 0 aromatic heterocycles. The van der Waals surface area contributed by atoms with E-state index in [1.165, 1.54) is 0 Å². The Morgan fingerprint density at radius 2 is 1.95 bits per heavy atom. The van der Waals surface area contributed by atoms with E-state index in [0.717, 1.165) is 44.6 Å². The van der Waals surface area contributed by atoms with Gasteiger partial charge < -0.3 is 16.0 Å². The van der Waals surface area contributed by atoms with E-state index in [9.17, 15) is 4.79 Å². The van der Waals surface area contributed by atoms with Gasteiger partial charge in [-0.1, -0.05) is 12.2 Å². The van der Waals surface area contributed by atoms with Gasteiger partial charge in [0.25, 0.3) is 0 Å². The third-order valence-corrected chi connectivity index (χ3v) is 3.47. The topological polar surface area (TPSA) is 65.5 Å². The molecule has 0 spiro atoms. The number of nitrogens with zero attached hydrogens (tertiary/aromatic N) is 1. The molecule has 2 rings (SSSR count). The Kier molecular flexibility index (Phi) is 5.89. The zero-order chi connectivity index (χ0) is 14.2. The number of amides is 1. The van der Waals surface area contributed by atoms with Crippen LogP contribution in [0.2, 0.25) is 0 Å². The standard InChI is InChI=1S/C15H26N4O/c1-2-16-15(19-12-6-3-4-7-12)17-11-5-8-14(20)18-13-9-10-13/h3-4,12-13H,2,5-11H2,1H3,(H,18,20)(H2,16,17,19). The molecule has 1 amide bonds. The average Bonchev–Trinajstić information content (AvgIpc) is 3.08. The van der Waals surface area contributed by atoms with Crippen molar-refractivity contribution < 1.29 is 4.79 Å². The molecule has 0 saturated heterocycles. The lowest BCUT2D eigenvalue weighted by Gasteiger charge is -2.16. The molecule has 0 aromatic rings. The summed E-state index contributed by atoms with van der Waals surface area (Å²) in [5, 5.41) is 9.67. The Morgan fingerprint density at radius 3 is 2.60 bits per heavy atom. The highest BCUT2D eigenvalue weighted by Gasteiger charge is 2.22. The summed E-state index contributed by atoms with van der Waals surface area (Å²) in [6, 6.07) is 0.922. The lowest BCUT2D eigenvalue weighted by Crippen LogP contribution is -2.42. The summed E-state index contributed by atoms with van der Waals surface area (Å²) >= 11 is 0. The number of carbonyl (C=O) groups is 1. The number of nitrogens with one attached hydrogen (secondary N) is 3. The number of guanidine groups is 1. The van der Waals surface area contributed by atoms with E-state index < -0.39 is 0 Å². The zero-order valence-corrected chi connectivity index (χ0v) is 12.3. The third kappa shape index (κ3) is 5.63. The molecule has 0 atom stereocenters. The summed E-state index contributed by atoms with van der Waals surface area (Å²) in [4.78, 5) is 16.1. The van der Waals surface area contributed by atoms with Crippen LogP contribution in [-0.4, -0.2) is 37.0 Å². The molecule has 0 bridgehead atoms. The Hall–Kier alpha value is -1.52.